The van der Waals surface area contributed by atoms with Crippen LogP contribution in [-0.2, 0) is 4.74 Å². The molecule has 0 unspecified atom stereocenters. The van der Waals surface area contributed by atoms with Gasteiger partial charge in [0.15, 0.2) is 6.04 Å². The zero-order valence-corrected chi connectivity index (χ0v) is 9.99. The third-order valence-electron chi connectivity index (χ3n) is 3.30. The van der Waals surface area contributed by atoms with E-state index >= 15 is 0 Å². The van der Waals surface area contributed by atoms with Gasteiger partial charge < -0.3 is 15.4 Å². The summed E-state index contributed by atoms with van der Waals surface area (Å²) in [5.74, 6) is 0. The summed E-state index contributed by atoms with van der Waals surface area (Å²) in [4.78, 5) is 1.61. The van der Waals surface area contributed by atoms with Crippen LogP contribution in [0.1, 0.15) is 18.5 Å². The lowest BCUT2D eigenvalue weighted by Gasteiger charge is -2.32. The molecule has 1 fully saturated rings. The average Bonchev–Trinajstić information content (AvgIpc) is 2.31. The molecule has 1 heterocycles. The molecule has 0 radical (unpaired) electrons. The van der Waals surface area contributed by atoms with Gasteiger partial charge in [-0.2, -0.15) is 0 Å². The minimum atomic E-state index is 0.426. The maximum atomic E-state index is 5.42. The summed E-state index contributed by atoms with van der Waals surface area (Å²) in [6, 6.07) is 11.7. The van der Waals surface area contributed by atoms with E-state index in [1.54, 1.807) is 4.90 Å². The fourth-order valence-electron chi connectivity index (χ4n) is 2.57. The number of quaternary nitrogens is 2. The monoisotopic (exact) mass is 222 g/mol. The fourth-order valence-corrected chi connectivity index (χ4v) is 2.57. The van der Waals surface area contributed by atoms with Crippen molar-refractivity contribution in [1.82, 2.24) is 0 Å². The van der Waals surface area contributed by atoms with E-state index in [9.17, 15) is 0 Å². The van der Waals surface area contributed by atoms with Crippen molar-refractivity contribution in [2.24, 2.45) is 0 Å². The first-order valence-electron chi connectivity index (χ1n) is 6.09. The van der Waals surface area contributed by atoms with Crippen molar-refractivity contribution in [1.29, 1.82) is 0 Å². The van der Waals surface area contributed by atoms with Gasteiger partial charge in [-0.1, -0.05) is 30.3 Å². The molecule has 0 amide bonds. The lowest BCUT2D eigenvalue weighted by Crippen LogP contribution is -3.16. The van der Waals surface area contributed by atoms with Crippen molar-refractivity contribution in [2.75, 3.05) is 26.3 Å². The molecule has 1 saturated heterocycles. The van der Waals surface area contributed by atoms with Crippen LogP contribution in [0.25, 0.3) is 0 Å². The van der Waals surface area contributed by atoms with E-state index in [0.29, 0.717) is 12.1 Å². The van der Waals surface area contributed by atoms with Crippen LogP contribution in [0.3, 0.4) is 0 Å². The van der Waals surface area contributed by atoms with Gasteiger partial charge in [0.25, 0.3) is 0 Å². The minimum absolute atomic E-state index is 0.426. The van der Waals surface area contributed by atoms with Gasteiger partial charge in [-0.25, -0.2) is 0 Å². The topological polar surface area (TPSA) is 41.3 Å². The molecule has 88 valence electrons. The van der Waals surface area contributed by atoms with Crippen molar-refractivity contribution in [3.05, 3.63) is 35.9 Å². The van der Waals surface area contributed by atoms with Crippen LogP contribution in [0.4, 0.5) is 0 Å². The standard InChI is InChI=1S/C13H20N2O/c1-11(14)13(12-5-3-2-4-6-12)15-7-9-16-10-8-15/h2-6,11,13H,7-10,14H2,1H3/p+2/t11-,13+/m0/s1. The van der Waals surface area contributed by atoms with Gasteiger partial charge in [-0.15, -0.1) is 0 Å². The Labute approximate surface area is 97.2 Å². The molecule has 1 aromatic rings. The predicted molar refractivity (Wildman–Crippen MR) is 63.0 cm³/mol. The average molecular weight is 222 g/mol. The van der Waals surface area contributed by atoms with Gasteiger partial charge in [0.05, 0.1) is 13.2 Å². The van der Waals surface area contributed by atoms with Gasteiger partial charge in [-0.05, 0) is 6.92 Å². The molecule has 0 aromatic heterocycles. The molecule has 1 aromatic carbocycles. The van der Waals surface area contributed by atoms with Gasteiger partial charge >= 0.3 is 0 Å². The van der Waals surface area contributed by atoms with E-state index in [0.717, 1.165) is 26.3 Å². The Morgan fingerprint density at radius 3 is 2.38 bits per heavy atom. The molecule has 4 N–H and O–H groups in total. The van der Waals surface area contributed by atoms with E-state index in [1.807, 2.05) is 0 Å². The van der Waals surface area contributed by atoms with Crippen molar-refractivity contribution in [2.45, 2.75) is 19.0 Å². The zero-order valence-electron chi connectivity index (χ0n) is 9.99. The maximum Gasteiger partial charge on any atom is 0.165 e. The highest BCUT2D eigenvalue weighted by Crippen LogP contribution is 2.11. The molecule has 3 heteroatoms. The van der Waals surface area contributed by atoms with E-state index in [1.165, 1.54) is 5.56 Å². The van der Waals surface area contributed by atoms with Crippen molar-refractivity contribution in [3.8, 4) is 0 Å². The third-order valence-corrected chi connectivity index (χ3v) is 3.30. The first kappa shape index (κ1) is 11.6. The molecule has 2 atom stereocenters. The molecule has 0 bridgehead atoms. The Bertz CT molecular complexity index is 307. The number of rotatable bonds is 3. The Balaban J connectivity index is 2.16. The van der Waals surface area contributed by atoms with E-state index in [-0.39, 0.29) is 0 Å². The predicted octanol–water partition coefficient (Wildman–Crippen LogP) is -0.727. The third kappa shape index (κ3) is 2.61. The minimum Gasteiger partial charge on any atom is -0.370 e. The molecule has 2 rings (SSSR count). The van der Waals surface area contributed by atoms with Crippen molar-refractivity contribution >= 4 is 0 Å². The molecule has 16 heavy (non-hydrogen) atoms. The second kappa shape index (κ2) is 5.43. The van der Waals surface area contributed by atoms with Crippen LogP contribution in [0.2, 0.25) is 0 Å². The smallest absolute Gasteiger partial charge is 0.165 e. The van der Waals surface area contributed by atoms with Crippen LogP contribution < -0.4 is 10.6 Å². The summed E-state index contributed by atoms with van der Waals surface area (Å²) < 4.78 is 5.42. The van der Waals surface area contributed by atoms with Gasteiger partial charge in [0.2, 0.25) is 0 Å². The first-order valence-corrected chi connectivity index (χ1v) is 6.09. The van der Waals surface area contributed by atoms with Crippen LogP contribution in [0.5, 0.6) is 0 Å². The molecule has 0 saturated carbocycles. The Hall–Kier alpha value is -0.900. The number of morpholine rings is 1. The summed E-state index contributed by atoms with van der Waals surface area (Å²) in [7, 11) is 0. The fraction of sp³-hybridized carbons (Fsp3) is 0.538. The lowest BCUT2D eigenvalue weighted by atomic mass is 9.99. The summed E-state index contributed by atoms with van der Waals surface area (Å²) in [5, 5.41) is 0. The van der Waals surface area contributed by atoms with Crippen molar-refractivity contribution < 1.29 is 15.4 Å². The highest BCUT2D eigenvalue weighted by atomic mass is 16.5. The van der Waals surface area contributed by atoms with Crippen LogP contribution in [0.15, 0.2) is 30.3 Å². The van der Waals surface area contributed by atoms with E-state index < -0.39 is 0 Å². The van der Waals surface area contributed by atoms with Gasteiger partial charge in [0.1, 0.15) is 19.1 Å². The molecular formula is C13H22N2O+2. The van der Waals surface area contributed by atoms with Crippen LogP contribution >= 0.6 is 0 Å². The number of nitrogens with one attached hydrogen (secondary N) is 1. The second-order valence-electron chi connectivity index (χ2n) is 4.64. The quantitative estimate of drug-likeness (QED) is 0.696. The molecule has 1 aliphatic heterocycles. The number of hydrogen-bond donors (Lipinski definition) is 2. The van der Waals surface area contributed by atoms with Gasteiger partial charge in [-0.3, -0.25) is 0 Å². The largest absolute Gasteiger partial charge is 0.370 e. The number of ether oxygens (including phenoxy) is 1. The zero-order chi connectivity index (χ0) is 11.4. The molecule has 0 spiro atoms. The van der Waals surface area contributed by atoms with Gasteiger partial charge in [0, 0.05) is 5.56 Å². The Kier molecular flexibility index (Phi) is 3.93. The van der Waals surface area contributed by atoms with E-state index in [4.69, 9.17) is 4.74 Å². The molecular weight excluding hydrogens is 200 g/mol. The number of benzene rings is 1. The normalized spacial score (nSPS) is 21.6. The summed E-state index contributed by atoms with van der Waals surface area (Å²) >= 11 is 0. The summed E-state index contributed by atoms with van der Waals surface area (Å²) in [5.41, 5.74) is 5.63. The van der Waals surface area contributed by atoms with E-state index in [2.05, 4.69) is 43.0 Å². The number of hydrogen-bond acceptors (Lipinski definition) is 1. The Morgan fingerprint density at radius 1 is 1.19 bits per heavy atom. The highest BCUT2D eigenvalue weighted by Gasteiger charge is 2.31. The SMILES string of the molecule is C[C@H]([NH3+])[C@H](c1ccccc1)[NH+]1CCOCC1. The molecule has 3 nitrogen and oxygen atoms in total. The lowest BCUT2D eigenvalue weighted by molar-refractivity contribution is -0.949. The molecule has 0 aliphatic carbocycles. The summed E-state index contributed by atoms with van der Waals surface area (Å²) in [6.45, 7) is 6.16. The van der Waals surface area contributed by atoms with Crippen molar-refractivity contribution in [3.63, 3.8) is 0 Å². The molecule has 1 aliphatic rings. The first-order chi connectivity index (χ1) is 7.79. The van der Waals surface area contributed by atoms with Crippen LogP contribution in [-0.4, -0.2) is 32.3 Å². The highest BCUT2D eigenvalue weighted by molar-refractivity contribution is 5.17. The Morgan fingerprint density at radius 2 is 1.81 bits per heavy atom. The second-order valence-corrected chi connectivity index (χ2v) is 4.64. The maximum absolute atomic E-state index is 5.42. The van der Waals surface area contributed by atoms with Crippen LogP contribution in [0, 0.1) is 0 Å². The summed E-state index contributed by atoms with van der Waals surface area (Å²) in [6.07, 6.45) is 0.